The van der Waals surface area contributed by atoms with Crippen molar-refractivity contribution >= 4 is 35.0 Å². The first-order chi connectivity index (χ1) is 10.4. The van der Waals surface area contributed by atoms with Crippen LogP contribution in [0.4, 0.5) is 5.69 Å². The molecule has 1 nitrogen and oxygen atoms in total. The number of benzene rings is 2. The molecule has 118 valence electrons. The highest BCUT2D eigenvalue weighted by molar-refractivity contribution is 6.76. The van der Waals surface area contributed by atoms with Crippen molar-refractivity contribution in [1.82, 2.24) is 0 Å². The number of anilines is 1. The molecule has 0 aliphatic rings. The second-order valence-corrected chi connectivity index (χ2v) is 10.5. The van der Waals surface area contributed by atoms with Crippen molar-refractivity contribution in [2.75, 3.05) is 19.0 Å². The van der Waals surface area contributed by atoms with Crippen LogP contribution >= 0.6 is 0 Å². The van der Waals surface area contributed by atoms with Crippen molar-refractivity contribution in [1.29, 1.82) is 0 Å². The molecule has 0 N–H and O–H groups in total. The average molecular weight is 311 g/mol. The van der Waals surface area contributed by atoms with Crippen LogP contribution in [-0.4, -0.2) is 28.2 Å². The topological polar surface area (TPSA) is 3.24 Å². The van der Waals surface area contributed by atoms with Gasteiger partial charge in [-0.15, -0.1) is 4.43 Å². The lowest BCUT2D eigenvalue weighted by Gasteiger charge is -2.23. The summed E-state index contributed by atoms with van der Waals surface area (Å²) >= 11 is -0.954. The van der Waals surface area contributed by atoms with Gasteiger partial charge in [0.25, 0.3) is 0 Å². The second kappa shape index (κ2) is 7.54. The highest BCUT2D eigenvalue weighted by atomic mass is 27.2. The molecule has 0 aliphatic carbocycles. The monoisotopic (exact) mass is 311 g/mol. The van der Waals surface area contributed by atoms with Gasteiger partial charge in [-0.3, -0.25) is 0 Å². The third kappa shape index (κ3) is 4.06. The van der Waals surface area contributed by atoms with E-state index in [1.54, 1.807) is 4.43 Å². The number of nitrogens with zero attached hydrogens (tertiary/aromatic N) is 1. The van der Waals surface area contributed by atoms with Gasteiger partial charge in [0.2, 0.25) is 0 Å². The SMILES string of the molecule is CC(C)[CH2][Al]([CH2]C(C)C)[c]1cccc2cccc(N(C)C)c12. The summed E-state index contributed by atoms with van der Waals surface area (Å²) in [6.45, 7) is 9.49. The molecule has 2 aromatic rings. The molecule has 2 heteroatoms. The van der Waals surface area contributed by atoms with Crippen molar-refractivity contribution < 1.29 is 0 Å². The van der Waals surface area contributed by atoms with Gasteiger partial charge < -0.3 is 4.90 Å². The summed E-state index contributed by atoms with van der Waals surface area (Å²) in [7, 11) is 4.32. The van der Waals surface area contributed by atoms with E-state index in [9.17, 15) is 0 Å². The Balaban J connectivity index is 2.60. The van der Waals surface area contributed by atoms with Crippen LogP contribution in [0.3, 0.4) is 0 Å². The fourth-order valence-electron chi connectivity index (χ4n) is 3.55. The van der Waals surface area contributed by atoms with Crippen LogP contribution < -0.4 is 9.33 Å². The first-order valence-electron chi connectivity index (χ1n) is 8.59. The lowest BCUT2D eigenvalue weighted by Crippen LogP contribution is -2.34. The Bertz CT molecular complexity index is 601. The summed E-state index contributed by atoms with van der Waals surface area (Å²) in [5.41, 5.74) is 1.37. The van der Waals surface area contributed by atoms with Crippen LogP contribution in [0, 0.1) is 11.8 Å². The average Bonchev–Trinajstić information content (AvgIpc) is 2.44. The molecule has 0 amide bonds. The van der Waals surface area contributed by atoms with Crippen molar-refractivity contribution in [3.8, 4) is 0 Å². The maximum Gasteiger partial charge on any atom is 0.307 e. The van der Waals surface area contributed by atoms with Gasteiger partial charge in [-0.05, 0) is 16.8 Å². The first-order valence-corrected chi connectivity index (χ1v) is 10.8. The Morgan fingerprint density at radius 1 is 0.864 bits per heavy atom. The molecule has 0 aliphatic heterocycles. The Labute approximate surface area is 140 Å². The van der Waals surface area contributed by atoms with Gasteiger partial charge >= 0.3 is 14.1 Å². The number of hydrogen-bond acceptors (Lipinski definition) is 1. The zero-order valence-electron chi connectivity index (χ0n) is 15.1. The Kier molecular flexibility index (Phi) is 5.96. The fraction of sp³-hybridized carbons (Fsp3) is 0.500. The van der Waals surface area contributed by atoms with Gasteiger partial charge in [-0.2, -0.15) is 0 Å². The van der Waals surface area contributed by atoms with Gasteiger partial charge in [0.1, 0.15) is 0 Å². The third-order valence-corrected chi connectivity index (χ3v) is 8.73. The van der Waals surface area contributed by atoms with E-state index >= 15 is 0 Å². The number of fused-ring (bicyclic) bond motifs is 1. The predicted molar refractivity (Wildman–Crippen MR) is 103 cm³/mol. The summed E-state index contributed by atoms with van der Waals surface area (Å²) in [4.78, 5) is 2.27. The van der Waals surface area contributed by atoms with E-state index < -0.39 is 14.1 Å². The van der Waals surface area contributed by atoms with E-state index in [1.807, 2.05) is 0 Å². The normalized spacial score (nSPS) is 11.5. The molecular weight excluding hydrogens is 281 g/mol. The molecule has 0 fully saturated rings. The molecular formula is C20H30AlN. The summed E-state index contributed by atoms with van der Waals surface area (Å²) < 4.78 is 1.67. The standard InChI is InChI=1S/C12H12N.2C4H9.Al/c1-13(2)12-9-5-7-10-6-3-4-8-11(10)12;2*1-4(2)3;/h3-7,9H,1-2H3;2*4H,1H2,2-3H3;. The molecule has 2 aromatic carbocycles. The summed E-state index contributed by atoms with van der Waals surface area (Å²) in [5, 5.41) is 5.71. The molecule has 0 heterocycles. The summed E-state index contributed by atoms with van der Waals surface area (Å²) in [6, 6.07) is 13.7. The smallest absolute Gasteiger partial charge is 0.307 e. The lowest BCUT2D eigenvalue weighted by molar-refractivity contribution is 0.694. The maximum absolute atomic E-state index is 2.41. The molecule has 0 atom stereocenters. The third-order valence-electron chi connectivity index (χ3n) is 4.35. The van der Waals surface area contributed by atoms with E-state index in [2.05, 4.69) is 83.1 Å². The minimum atomic E-state index is -0.954. The number of rotatable bonds is 6. The van der Waals surface area contributed by atoms with E-state index in [4.69, 9.17) is 0 Å². The van der Waals surface area contributed by atoms with Gasteiger partial charge in [-0.25, -0.2) is 0 Å². The van der Waals surface area contributed by atoms with E-state index in [0.29, 0.717) is 0 Å². The zero-order valence-corrected chi connectivity index (χ0v) is 16.2. The highest BCUT2D eigenvalue weighted by Gasteiger charge is 2.25. The molecule has 0 radical (unpaired) electrons. The minimum Gasteiger partial charge on any atom is -0.377 e. The van der Waals surface area contributed by atoms with Crippen LogP contribution in [-0.2, 0) is 0 Å². The largest absolute Gasteiger partial charge is 0.377 e. The van der Waals surface area contributed by atoms with E-state index in [0.717, 1.165) is 11.8 Å². The summed E-state index contributed by atoms with van der Waals surface area (Å²) in [6.07, 6.45) is 0. The molecule has 22 heavy (non-hydrogen) atoms. The summed E-state index contributed by atoms with van der Waals surface area (Å²) in [5.74, 6) is 1.58. The zero-order chi connectivity index (χ0) is 16.3. The van der Waals surface area contributed by atoms with E-state index in [-0.39, 0.29) is 0 Å². The van der Waals surface area contributed by atoms with Crippen LogP contribution in [0.2, 0.25) is 10.6 Å². The molecule has 0 aromatic heterocycles. The highest BCUT2D eigenvalue weighted by Crippen LogP contribution is 2.26. The predicted octanol–water partition coefficient (Wildman–Crippen LogP) is 4.92. The van der Waals surface area contributed by atoms with Crippen molar-refractivity contribution in [2.45, 2.75) is 38.3 Å². The van der Waals surface area contributed by atoms with Crippen LogP contribution in [0.25, 0.3) is 10.8 Å². The van der Waals surface area contributed by atoms with Gasteiger partial charge in [0, 0.05) is 19.8 Å². The molecule has 0 saturated carbocycles. The fourth-order valence-corrected chi connectivity index (χ4v) is 7.63. The van der Waals surface area contributed by atoms with Crippen molar-refractivity contribution in [3.63, 3.8) is 0 Å². The van der Waals surface area contributed by atoms with Crippen LogP contribution in [0.1, 0.15) is 27.7 Å². The molecule has 0 saturated heterocycles. The Morgan fingerprint density at radius 2 is 1.41 bits per heavy atom. The number of hydrogen-bond donors (Lipinski definition) is 0. The Morgan fingerprint density at radius 3 is 1.91 bits per heavy atom. The van der Waals surface area contributed by atoms with E-state index in [1.165, 1.54) is 27.0 Å². The van der Waals surface area contributed by atoms with Crippen molar-refractivity contribution in [2.24, 2.45) is 11.8 Å². The molecule has 0 unspecified atom stereocenters. The van der Waals surface area contributed by atoms with Gasteiger partial charge in [-0.1, -0.05) is 80.4 Å². The molecule has 0 bridgehead atoms. The second-order valence-electron chi connectivity index (χ2n) is 7.57. The maximum atomic E-state index is 2.41. The van der Waals surface area contributed by atoms with Crippen molar-refractivity contribution in [3.05, 3.63) is 36.4 Å². The molecule has 0 spiro atoms. The van der Waals surface area contributed by atoms with Crippen LogP contribution in [0.15, 0.2) is 36.4 Å². The quantitative estimate of drug-likeness (QED) is 0.684. The Hall–Kier alpha value is -0.968. The minimum absolute atomic E-state index is 0.789. The van der Waals surface area contributed by atoms with Gasteiger partial charge in [0.15, 0.2) is 0 Å². The lowest BCUT2D eigenvalue weighted by atomic mass is 10.1. The first kappa shape index (κ1) is 17.4. The van der Waals surface area contributed by atoms with Crippen LogP contribution in [0.5, 0.6) is 0 Å². The van der Waals surface area contributed by atoms with Gasteiger partial charge in [0.05, 0.1) is 0 Å². The molecule has 2 rings (SSSR count).